The van der Waals surface area contributed by atoms with Gasteiger partial charge in [-0.05, 0) is 44.3 Å². The molecule has 0 heterocycles. The van der Waals surface area contributed by atoms with Crippen molar-refractivity contribution in [2.24, 2.45) is 5.92 Å². The SMILES string of the molecule is CCN(CCC(C#N)(NC)c1ccccc1)CC1CC1. The maximum atomic E-state index is 9.68. The van der Waals surface area contributed by atoms with Crippen LogP contribution < -0.4 is 5.32 Å². The van der Waals surface area contributed by atoms with Gasteiger partial charge in [-0.3, -0.25) is 5.32 Å². The van der Waals surface area contributed by atoms with E-state index in [0.717, 1.165) is 31.0 Å². The summed E-state index contributed by atoms with van der Waals surface area (Å²) in [5.74, 6) is 0.901. The van der Waals surface area contributed by atoms with E-state index in [4.69, 9.17) is 0 Å². The van der Waals surface area contributed by atoms with Crippen molar-refractivity contribution in [3.63, 3.8) is 0 Å². The Morgan fingerprint density at radius 1 is 1.35 bits per heavy atom. The maximum absolute atomic E-state index is 9.68. The number of hydrogen-bond donors (Lipinski definition) is 1. The second kappa shape index (κ2) is 6.88. The van der Waals surface area contributed by atoms with Crippen molar-refractivity contribution in [2.45, 2.75) is 31.7 Å². The van der Waals surface area contributed by atoms with Crippen molar-refractivity contribution in [2.75, 3.05) is 26.7 Å². The van der Waals surface area contributed by atoms with Crippen LogP contribution in [0.15, 0.2) is 30.3 Å². The third kappa shape index (κ3) is 3.59. The van der Waals surface area contributed by atoms with Crippen LogP contribution in [0, 0.1) is 17.2 Å². The van der Waals surface area contributed by atoms with E-state index >= 15 is 0 Å². The normalized spacial score (nSPS) is 17.7. The van der Waals surface area contributed by atoms with E-state index in [9.17, 15) is 5.26 Å². The predicted octanol–water partition coefficient (Wildman–Crippen LogP) is 2.75. The molecule has 0 saturated heterocycles. The molecule has 1 fully saturated rings. The van der Waals surface area contributed by atoms with Crippen molar-refractivity contribution in [1.29, 1.82) is 5.26 Å². The van der Waals surface area contributed by atoms with Crippen LogP contribution in [0.5, 0.6) is 0 Å². The second-order valence-corrected chi connectivity index (χ2v) is 5.72. The van der Waals surface area contributed by atoms with Gasteiger partial charge in [0.2, 0.25) is 0 Å². The molecule has 1 saturated carbocycles. The molecule has 2 rings (SSSR count). The summed E-state index contributed by atoms with van der Waals surface area (Å²) in [4.78, 5) is 2.48. The lowest BCUT2D eigenvalue weighted by molar-refractivity contribution is 0.245. The first-order chi connectivity index (χ1) is 9.74. The lowest BCUT2D eigenvalue weighted by Gasteiger charge is -2.30. The molecule has 3 heteroatoms. The summed E-state index contributed by atoms with van der Waals surface area (Å²) in [6, 6.07) is 12.6. The molecule has 0 aliphatic heterocycles. The van der Waals surface area contributed by atoms with Crippen molar-refractivity contribution in [3.05, 3.63) is 35.9 Å². The van der Waals surface area contributed by atoms with Crippen LogP contribution in [0.2, 0.25) is 0 Å². The van der Waals surface area contributed by atoms with Crippen molar-refractivity contribution < 1.29 is 0 Å². The van der Waals surface area contributed by atoms with Gasteiger partial charge in [0.1, 0.15) is 5.54 Å². The van der Waals surface area contributed by atoms with Gasteiger partial charge in [-0.1, -0.05) is 37.3 Å². The van der Waals surface area contributed by atoms with E-state index in [0.29, 0.717) is 0 Å². The molecule has 1 aliphatic rings. The number of nitriles is 1. The lowest BCUT2D eigenvalue weighted by Crippen LogP contribution is -2.42. The molecule has 1 atom stereocenters. The minimum Gasteiger partial charge on any atom is -0.303 e. The second-order valence-electron chi connectivity index (χ2n) is 5.72. The topological polar surface area (TPSA) is 39.1 Å². The fraction of sp³-hybridized carbons (Fsp3) is 0.588. The highest BCUT2D eigenvalue weighted by atomic mass is 15.1. The Labute approximate surface area is 122 Å². The smallest absolute Gasteiger partial charge is 0.133 e. The average molecular weight is 271 g/mol. The molecule has 0 radical (unpaired) electrons. The Bertz CT molecular complexity index is 447. The molecule has 1 N–H and O–H groups in total. The van der Waals surface area contributed by atoms with Gasteiger partial charge in [-0.2, -0.15) is 5.26 Å². The van der Waals surface area contributed by atoms with Crippen LogP contribution >= 0.6 is 0 Å². The highest BCUT2D eigenvalue weighted by molar-refractivity contribution is 5.31. The number of nitrogens with zero attached hydrogens (tertiary/aromatic N) is 2. The summed E-state index contributed by atoms with van der Waals surface area (Å²) in [5, 5.41) is 12.9. The molecule has 0 bridgehead atoms. The fourth-order valence-corrected chi connectivity index (χ4v) is 2.68. The van der Waals surface area contributed by atoms with Gasteiger partial charge < -0.3 is 4.90 Å². The molecule has 0 spiro atoms. The molecule has 1 aromatic rings. The molecule has 1 aliphatic carbocycles. The lowest BCUT2D eigenvalue weighted by atomic mass is 9.88. The van der Waals surface area contributed by atoms with Gasteiger partial charge >= 0.3 is 0 Å². The number of hydrogen-bond acceptors (Lipinski definition) is 3. The minimum absolute atomic E-state index is 0.571. The Morgan fingerprint density at radius 3 is 2.55 bits per heavy atom. The van der Waals surface area contributed by atoms with Crippen LogP contribution in [0.1, 0.15) is 31.7 Å². The Hall–Kier alpha value is -1.37. The molecule has 3 nitrogen and oxygen atoms in total. The van der Waals surface area contributed by atoms with E-state index in [2.05, 4.69) is 23.2 Å². The number of rotatable bonds is 8. The average Bonchev–Trinajstić information content (AvgIpc) is 3.32. The standard InChI is InChI=1S/C17H25N3/c1-3-20(13-15-9-10-15)12-11-17(14-18,19-2)16-7-5-4-6-8-16/h4-8,15,19H,3,9-13H2,1-2H3. The summed E-state index contributed by atoms with van der Waals surface area (Å²) in [6.07, 6.45) is 3.58. The summed E-state index contributed by atoms with van der Waals surface area (Å²) in [5.41, 5.74) is 0.491. The van der Waals surface area contributed by atoms with E-state index in [-0.39, 0.29) is 0 Å². The molecule has 0 amide bonds. The zero-order valence-corrected chi connectivity index (χ0v) is 12.6. The van der Waals surface area contributed by atoms with Crippen LogP contribution in [-0.4, -0.2) is 31.6 Å². The van der Waals surface area contributed by atoms with E-state index in [1.807, 2.05) is 37.4 Å². The van der Waals surface area contributed by atoms with Crippen molar-refractivity contribution in [3.8, 4) is 6.07 Å². The van der Waals surface area contributed by atoms with Crippen LogP contribution in [-0.2, 0) is 5.54 Å². The molecule has 1 aromatic carbocycles. The van der Waals surface area contributed by atoms with Crippen molar-refractivity contribution >= 4 is 0 Å². The fourth-order valence-electron chi connectivity index (χ4n) is 2.68. The van der Waals surface area contributed by atoms with Gasteiger partial charge in [0, 0.05) is 13.1 Å². The molecular formula is C17H25N3. The Kier molecular flexibility index (Phi) is 5.17. The molecule has 0 aromatic heterocycles. The monoisotopic (exact) mass is 271 g/mol. The summed E-state index contributed by atoms with van der Waals surface area (Å²) >= 11 is 0. The number of benzene rings is 1. The zero-order valence-electron chi connectivity index (χ0n) is 12.6. The van der Waals surface area contributed by atoms with Gasteiger partial charge in [-0.25, -0.2) is 0 Å². The van der Waals surface area contributed by atoms with Crippen LogP contribution in [0.25, 0.3) is 0 Å². The zero-order chi connectivity index (χ0) is 14.4. The maximum Gasteiger partial charge on any atom is 0.133 e. The van der Waals surface area contributed by atoms with Crippen LogP contribution in [0.4, 0.5) is 0 Å². The quantitative estimate of drug-likeness (QED) is 0.790. The van der Waals surface area contributed by atoms with Gasteiger partial charge in [0.25, 0.3) is 0 Å². The summed E-state index contributed by atoms with van der Waals surface area (Å²) in [7, 11) is 1.88. The van der Waals surface area contributed by atoms with E-state index in [1.165, 1.54) is 19.4 Å². The number of nitrogens with one attached hydrogen (secondary N) is 1. The molecule has 108 valence electrons. The Morgan fingerprint density at radius 2 is 2.05 bits per heavy atom. The highest BCUT2D eigenvalue weighted by Crippen LogP contribution is 2.30. The summed E-state index contributed by atoms with van der Waals surface area (Å²) in [6.45, 7) is 5.43. The van der Waals surface area contributed by atoms with E-state index < -0.39 is 5.54 Å². The van der Waals surface area contributed by atoms with Gasteiger partial charge in [0.15, 0.2) is 0 Å². The highest BCUT2D eigenvalue weighted by Gasteiger charge is 2.31. The van der Waals surface area contributed by atoms with Crippen LogP contribution in [0.3, 0.4) is 0 Å². The van der Waals surface area contributed by atoms with Gasteiger partial charge in [-0.15, -0.1) is 0 Å². The first-order valence-corrected chi connectivity index (χ1v) is 7.62. The third-order valence-electron chi connectivity index (χ3n) is 4.35. The first-order valence-electron chi connectivity index (χ1n) is 7.62. The third-order valence-corrected chi connectivity index (χ3v) is 4.35. The van der Waals surface area contributed by atoms with E-state index in [1.54, 1.807) is 0 Å². The molecular weight excluding hydrogens is 246 g/mol. The predicted molar refractivity (Wildman–Crippen MR) is 82.2 cm³/mol. The Balaban J connectivity index is 2.03. The van der Waals surface area contributed by atoms with Gasteiger partial charge in [0.05, 0.1) is 6.07 Å². The first kappa shape index (κ1) is 15.0. The van der Waals surface area contributed by atoms with Crippen molar-refractivity contribution in [1.82, 2.24) is 10.2 Å². The molecule has 20 heavy (non-hydrogen) atoms. The summed E-state index contributed by atoms with van der Waals surface area (Å²) < 4.78 is 0. The minimum atomic E-state index is -0.571. The largest absolute Gasteiger partial charge is 0.303 e. The molecule has 1 unspecified atom stereocenters.